The maximum absolute atomic E-state index is 6.68. The van der Waals surface area contributed by atoms with Crippen LogP contribution in [0.25, 0.3) is 4.85 Å². The Bertz CT molecular complexity index is 246. The third kappa shape index (κ3) is 1.03. The van der Waals surface area contributed by atoms with Gasteiger partial charge in [-0.1, -0.05) is 0 Å². The summed E-state index contributed by atoms with van der Waals surface area (Å²) in [6, 6.07) is 0. The van der Waals surface area contributed by atoms with Crippen molar-refractivity contribution < 1.29 is 0 Å². The van der Waals surface area contributed by atoms with Crippen LogP contribution in [0.5, 0.6) is 0 Å². The van der Waals surface area contributed by atoms with E-state index in [1.807, 2.05) is 20.0 Å². The van der Waals surface area contributed by atoms with E-state index < -0.39 is 0 Å². The first kappa shape index (κ1) is 6.88. The molecule has 0 saturated carbocycles. The maximum Gasteiger partial charge on any atom is 0.241 e. The van der Waals surface area contributed by atoms with Gasteiger partial charge in [0.05, 0.1) is 5.56 Å². The van der Waals surface area contributed by atoms with Crippen molar-refractivity contribution in [2.24, 2.45) is 0 Å². The van der Waals surface area contributed by atoms with Gasteiger partial charge in [-0.3, -0.25) is 0 Å². The average Bonchev–Trinajstić information content (AvgIpc) is 2.20. The fourth-order valence-electron chi connectivity index (χ4n) is 1.01. The molecule has 1 rings (SSSR count). The van der Waals surface area contributed by atoms with E-state index >= 15 is 0 Å². The molecule has 0 unspecified atom stereocenters. The number of nitrogens with zero attached hydrogens (tertiary/aromatic N) is 1. The zero-order valence-electron chi connectivity index (χ0n) is 6.23. The van der Waals surface area contributed by atoms with Crippen molar-refractivity contribution in [3.05, 3.63) is 34.4 Å². The van der Waals surface area contributed by atoms with Gasteiger partial charge in [0.15, 0.2) is 0 Å². The van der Waals surface area contributed by atoms with Gasteiger partial charge in [-0.25, -0.2) is 6.57 Å². The number of aromatic amines is 1. The minimum atomic E-state index is 0.501. The van der Waals surface area contributed by atoms with Gasteiger partial charge in [0.2, 0.25) is 6.54 Å². The molecule has 2 nitrogen and oxygen atoms in total. The number of nitrogens with one attached hydrogen (secondary N) is 1. The van der Waals surface area contributed by atoms with E-state index in [0.717, 1.165) is 11.3 Å². The molecule has 0 bridgehead atoms. The second-order valence-corrected chi connectivity index (χ2v) is 2.39. The fraction of sp³-hybridized carbons (Fsp3) is 0.375. The Kier molecular flexibility index (Phi) is 1.77. The molecule has 0 atom stereocenters. The molecule has 0 amide bonds. The summed E-state index contributed by atoms with van der Waals surface area (Å²) in [7, 11) is 0. The molecule has 52 valence electrons. The lowest BCUT2D eigenvalue weighted by Gasteiger charge is -1.89. The van der Waals surface area contributed by atoms with Crippen LogP contribution in [0.2, 0.25) is 0 Å². The third-order valence-electron chi connectivity index (χ3n) is 1.67. The minimum Gasteiger partial charge on any atom is -0.364 e. The van der Waals surface area contributed by atoms with Gasteiger partial charge >= 0.3 is 0 Å². The van der Waals surface area contributed by atoms with Crippen molar-refractivity contribution in [3.8, 4) is 0 Å². The molecule has 0 saturated heterocycles. The van der Waals surface area contributed by atoms with E-state index in [2.05, 4.69) is 9.83 Å². The zero-order chi connectivity index (χ0) is 7.56. The van der Waals surface area contributed by atoms with E-state index in [4.69, 9.17) is 6.57 Å². The first-order valence-electron chi connectivity index (χ1n) is 3.22. The van der Waals surface area contributed by atoms with Crippen molar-refractivity contribution in [3.63, 3.8) is 0 Å². The molecule has 0 aliphatic carbocycles. The molecule has 0 radical (unpaired) electrons. The summed E-state index contributed by atoms with van der Waals surface area (Å²) in [6.07, 6.45) is 1.94. The highest BCUT2D eigenvalue weighted by atomic mass is 14.7. The quantitative estimate of drug-likeness (QED) is 0.567. The number of rotatable bonds is 1. The summed E-state index contributed by atoms with van der Waals surface area (Å²) in [4.78, 5) is 6.41. The van der Waals surface area contributed by atoms with E-state index in [-0.39, 0.29) is 0 Å². The van der Waals surface area contributed by atoms with E-state index in [0.29, 0.717) is 6.54 Å². The van der Waals surface area contributed by atoms with Crippen LogP contribution in [0.15, 0.2) is 6.20 Å². The normalized spacial score (nSPS) is 9.30. The van der Waals surface area contributed by atoms with Crippen molar-refractivity contribution in [2.75, 3.05) is 0 Å². The zero-order valence-corrected chi connectivity index (χ0v) is 6.23. The van der Waals surface area contributed by atoms with Crippen molar-refractivity contribution in [1.29, 1.82) is 0 Å². The molecular weight excluding hydrogens is 124 g/mol. The number of hydrogen-bond donors (Lipinski definition) is 1. The molecule has 0 aromatic carbocycles. The summed E-state index contributed by atoms with van der Waals surface area (Å²) in [5, 5.41) is 0. The van der Waals surface area contributed by atoms with Crippen LogP contribution in [-0.4, -0.2) is 4.98 Å². The van der Waals surface area contributed by atoms with Crippen molar-refractivity contribution in [1.82, 2.24) is 4.98 Å². The Morgan fingerprint density at radius 3 is 2.70 bits per heavy atom. The lowest BCUT2D eigenvalue weighted by Crippen LogP contribution is -1.82. The van der Waals surface area contributed by atoms with Gasteiger partial charge in [-0.2, -0.15) is 0 Å². The van der Waals surface area contributed by atoms with Gasteiger partial charge in [-0.05, 0) is 19.4 Å². The predicted octanol–water partition coefficient (Wildman–Crippen LogP) is 2.05. The van der Waals surface area contributed by atoms with E-state index in [1.54, 1.807) is 0 Å². The van der Waals surface area contributed by atoms with Crippen LogP contribution in [0.4, 0.5) is 0 Å². The Labute approximate surface area is 60.7 Å². The van der Waals surface area contributed by atoms with Crippen LogP contribution in [0.1, 0.15) is 16.8 Å². The van der Waals surface area contributed by atoms with Gasteiger partial charge in [0, 0.05) is 11.9 Å². The predicted molar refractivity (Wildman–Crippen MR) is 40.6 cm³/mol. The van der Waals surface area contributed by atoms with Gasteiger partial charge in [0.25, 0.3) is 0 Å². The highest BCUT2D eigenvalue weighted by Crippen LogP contribution is 2.12. The first-order chi connectivity index (χ1) is 4.75. The van der Waals surface area contributed by atoms with Crippen molar-refractivity contribution >= 4 is 0 Å². The molecule has 0 spiro atoms. The summed E-state index contributed by atoms with van der Waals surface area (Å²) in [6.45, 7) is 11.2. The Morgan fingerprint density at radius 2 is 2.30 bits per heavy atom. The summed E-state index contributed by atoms with van der Waals surface area (Å²) < 4.78 is 0. The van der Waals surface area contributed by atoms with Gasteiger partial charge in [0.1, 0.15) is 0 Å². The summed E-state index contributed by atoms with van der Waals surface area (Å²) in [5.41, 5.74) is 3.46. The van der Waals surface area contributed by atoms with Crippen molar-refractivity contribution in [2.45, 2.75) is 20.4 Å². The monoisotopic (exact) mass is 134 g/mol. The molecule has 1 aromatic heterocycles. The second kappa shape index (κ2) is 2.57. The Balaban J connectivity index is 3.01. The minimum absolute atomic E-state index is 0.501. The molecule has 10 heavy (non-hydrogen) atoms. The molecule has 1 aromatic rings. The van der Waals surface area contributed by atoms with Crippen LogP contribution in [0.3, 0.4) is 0 Å². The molecule has 2 heteroatoms. The molecule has 0 aliphatic rings. The lowest BCUT2D eigenvalue weighted by atomic mass is 10.2. The van der Waals surface area contributed by atoms with Crippen LogP contribution >= 0.6 is 0 Å². The number of aryl methyl sites for hydroxylation is 2. The van der Waals surface area contributed by atoms with Gasteiger partial charge in [-0.15, -0.1) is 0 Å². The highest BCUT2D eigenvalue weighted by Gasteiger charge is 2.04. The molecule has 1 N–H and O–H groups in total. The van der Waals surface area contributed by atoms with Crippen LogP contribution < -0.4 is 0 Å². The Hall–Kier alpha value is -1.23. The highest BCUT2D eigenvalue weighted by molar-refractivity contribution is 5.29. The average molecular weight is 134 g/mol. The SMILES string of the molecule is [C-]#[N+]Cc1c(C)c[nH]c1C. The topological polar surface area (TPSA) is 20.1 Å². The largest absolute Gasteiger partial charge is 0.364 e. The smallest absolute Gasteiger partial charge is 0.241 e. The third-order valence-corrected chi connectivity index (χ3v) is 1.67. The first-order valence-corrected chi connectivity index (χ1v) is 3.22. The molecule has 0 fully saturated rings. The van der Waals surface area contributed by atoms with Crippen LogP contribution in [0, 0.1) is 20.4 Å². The number of aromatic nitrogens is 1. The number of H-pyrrole nitrogens is 1. The lowest BCUT2D eigenvalue weighted by molar-refractivity contribution is 1.16. The molecular formula is C8H10N2. The molecule has 0 aliphatic heterocycles. The summed E-state index contributed by atoms with van der Waals surface area (Å²) in [5.74, 6) is 0. The number of hydrogen-bond acceptors (Lipinski definition) is 0. The fourth-order valence-corrected chi connectivity index (χ4v) is 1.01. The molecule has 1 heterocycles. The van der Waals surface area contributed by atoms with E-state index in [1.165, 1.54) is 5.56 Å². The van der Waals surface area contributed by atoms with Gasteiger partial charge < -0.3 is 9.83 Å². The standard InChI is InChI=1S/C8H10N2/c1-6-4-10-7(2)8(6)5-9-3/h4,10H,5H2,1-2H3. The maximum atomic E-state index is 6.68. The summed E-state index contributed by atoms with van der Waals surface area (Å²) >= 11 is 0. The van der Waals surface area contributed by atoms with E-state index in [9.17, 15) is 0 Å². The van der Waals surface area contributed by atoms with Crippen LogP contribution in [-0.2, 0) is 6.54 Å². The Morgan fingerprint density at radius 1 is 1.60 bits per heavy atom. The second-order valence-electron chi connectivity index (χ2n) is 2.39.